The second kappa shape index (κ2) is 8.30. The molecule has 1 aromatic rings. The number of benzene rings is 1. The fourth-order valence-electron chi connectivity index (χ4n) is 4.10. The molecule has 5 heteroatoms. The lowest BCUT2D eigenvalue weighted by Crippen LogP contribution is -2.46. The molecule has 2 fully saturated rings. The smallest absolute Gasteiger partial charge is 0.350 e. The highest BCUT2D eigenvalue weighted by Gasteiger charge is 2.41. The highest BCUT2D eigenvalue weighted by Crippen LogP contribution is 2.43. The van der Waals surface area contributed by atoms with Gasteiger partial charge < -0.3 is 9.47 Å². The Kier molecular flexibility index (Phi) is 6.29. The van der Waals surface area contributed by atoms with Gasteiger partial charge >= 0.3 is 6.18 Å². The van der Waals surface area contributed by atoms with Crippen molar-refractivity contribution in [2.24, 2.45) is 5.92 Å². The van der Waals surface area contributed by atoms with Gasteiger partial charge in [-0.2, -0.15) is 13.2 Å². The van der Waals surface area contributed by atoms with Crippen molar-refractivity contribution >= 4 is 0 Å². The second-order valence-electron chi connectivity index (χ2n) is 7.79. The predicted molar refractivity (Wildman–Crippen MR) is 94.9 cm³/mol. The van der Waals surface area contributed by atoms with Crippen LogP contribution < -0.4 is 0 Å². The molecule has 0 amide bonds. The van der Waals surface area contributed by atoms with E-state index >= 15 is 0 Å². The standard InChI is InChI=1S/C21H29F3O2/c1-2-3-4-5-16-14-25-20(26-15-16)12-10-18(11-13-20)17-6-8-19(9-7-17)21(22,23)24/h6-9,16,18H,2-5,10-15H2,1H3. The number of unbranched alkanes of at least 4 members (excludes halogenated alkanes) is 2. The molecule has 2 nitrogen and oxygen atoms in total. The normalized spacial score (nSPS) is 29.8. The van der Waals surface area contributed by atoms with E-state index < -0.39 is 17.5 Å². The molecule has 0 atom stereocenters. The zero-order valence-corrected chi connectivity index (χ0v) is 15.5. The van der Waals surface area contributed by atoms with Crippen LogP contribution >= 0.6 is 0 Å². The van der Waals surface area contributed by atoms with E-state index in [1.165, 1.54) is 31.4 Å². The number of alkyl halides is 3. The first-order chi connectivity index (χ1) is 12.4. The van der Waals surface area contributed by atoms with Gasteiger partial charge in [-0.05, 0) is 42.9 Å². The SMILES string of the molecule is CCCCCC1COC2(CCC(c3ccc(C(F)(F)F)cc3)CC2)OC1. The second-order valence-corrected chi connectivity index (χ2v) is 7.79. The lowest BCUT2D eigenvalue weighted by atomic mass is 9.80. The van der Waals surface area contributed by atoms with E-state index in [9.17, 15) is 13.2 Å². The maximum Gasteiger partial charge on any atom is 0.416 e. The molecule has 0 aromatic heterocycles. The van der Waals surface area contributed by atoms with Crippen molar-refractivity contribution in [3.63, 3.8) is 0 Å². The van der Waals surface area contributed by atoms with Gasteiger partial charge in [-0.3, -0.25) is 0 Å². The summed E-state index contributed by atoms with van der Waals surface area (Å²) in [5, 5.41) is 0. The van der Waals surface area contributed by atoms with Gasteiger partial charge in [0.2, 0.25) is 0 Å². The molecule has 1 spiro atoms. The van der Waals surface area contributed by atoms with Crippen LogP contribution in [0.2, 0.25) is 0 Å². The zero-order valence-electron chi connectivity index (χ0n) is 15.5. The van der Waals surface area contributed by atoms with Crippen LogP contribution in [0.15, 0.2) is 24.3 Å². The minimum atomic E-state index is -4.27. The molecule has 0 unspecified atom stereocenters. The molecule has 1 saturated heterocycles. The monoisotopic (exact) mass is 370 g/mol. The Balaban J connectivity index is 1.49. The molecule has 0 N–H and O–H groups in total. The summed E-state index contributed by atoms with van der Waals surface area (Å²) in [6.45, 7) is 3.75. The van der Waals surface area contributed by atoms with Crippen LogP contribution in [0.1, 0.15) is 75.3 Å². The van der Waals surface area contributed by atoms with Crippen LogP contribution in [0.5, 0.6) is 0 Å². The van der Waals surface area contributed by atoms with Crippen molar-refractivity contribution in [1.29, 1.82) is 0 Å². The summed E-state index contributed by atoms with van der Waals surface area (Å²) in [5.74, 6) is 0.334. The third-order valence-corrected chi connectivity index (χ3v) is 5.84. The number of halogens is 3. The van der Waals surface area contributed by atoms with Crippen LogP contribution in [-0.2, 0) is 15.7 Å². The van der Waals surface area contributed by atoms with Crippen molar-refractivity contribution in [1.82, 2.24) is 0 Å². The minimum Gasteiger partial charge on any atom is -0.350 e. The summed E-state index contributed by atoms with van der Waals surface area (Å²) in [6, 6.07) is 5.62. The van der Waals surface area contributed by atoms with Crippen LogP contribution in [0.4, 0.5) is 13.2 Å². The highest BCUT2D eigenvalue weighted by molar-refractivity contribution is 5.27. The van der Waals surface area contributed by atoms with Crippen LogP contribution in [0.25, 0.3) is 0 Å². The van der Waals surface area contributed by atoms with Crippen LogP contribution in [0, 0.1) is 5.92 Å². The summed E-state index contributed by atoms with van der Waals surface area (Å²) in [6.07, 6.45) is 4.04. The summed E-state index contributed by atoms with van der Waals surface area (Å²) >= 11 is 0. The molecule has 0 bridgehead atoms. The zero-order chi connectivity index (χ0) is 18.6. The Morgan fingerprint density at radius 1 is 1.00 bits per heavy atom. The van der Waals surface area contributed by atoms with Gasteiger partial charge in [-0.1, -0.05) is 38.3 Å². The summed E-state index contributed by atoms with van der Waals surface area (Å²) in [4.78, 5) is 0. The Labute approximate surface area is 154 Å². The molecule has 3 rings (SSSR count). The van der Waals surface area contributed by atoms with Gasteiger partial charge in [0.05, 0.1) is 18.8 Å². The molecule has 1 saturated carbocycles. The fraction of sp³-hybridized carbons (Fsp3) is 0.714. The van der Waals surface area contributed by atoms with Crippen molar-refractivity contribution < 1.29 is 22.6 Å². The molecular formula is C21H29F3O2. The van der Waals surface area contributed by atoms with Crippen molar-refractivity contribution in [3.05, 3.63) is 35.4 Å². The van der Waals surface area contributed by atoms with E-state index in [-0.39, 0.29) is 5.92 Å². The van der Waals surface area contributed by atoms with Crippen LogP contribution in [-0.4, -0.2) is 19.0 Å². The Bertz CT molecular complexity index is 550. The molecule has 1 aromatic carbocycles. The van der Waals surface area contributed by atoms with Crippen molar-refractivity contribution in [3.8, 4) is 0 Å². The lowest BCUT2D eigenvalue weighted by Gasteiger charge is -2.44. The Morgan fingerprint density at radius 3 is 2.15 bits per heavy atom. The van der Waals surface area contributed by atoms with Gasteiger partial charge in [-0.25, -0.2) is 0 Å². The number of hydrogen-bond acceptors (Lipinski definition) is 2. The van der Waals surface area contributed by atoms with E-state index in [1.54, 1.807) is 12.1 Å². The fourth-order valence-corrected chi connectivity index (χ4v) is 4.10. The minimum absolute atomic E-state index is 0.289. The molecule has 1 aliphatic carbocycles. The first kappa shape index (κ1) is 19.7. The van der Waals surface area contributed by atoms with Crippen molar-refractivity contribution in [2.45, 2.75) is 76.2 Å². The van der Waals surface area contributed by atoms with E-state index in [2.05, 4.69) is 6.92 Å². The van der Waals surface area contributed by atoms with E-state index in [4.69, 9.17) is 9.47 Å². The van der Waals surface area contributed by atoms with Crippen LogP contribution in [0.3, 0.4) is 0 Å². The molecule has 1 heterocycles. The quantitative estimate of drug-likeness (QED) is 0.566. The van der Waals surface area contributed by atoms with Gasteiger partial charge in [-0.15, -0.1) is 0 Å². The maximum absolute atomic E-state index is 12.7. The first-order valence-corrected chi connectivity index (χ1v) is 9.87. The van der Waals surface area contributed by atoms with E-state index in [0.717, 1.165) is 50.9 Å². The number of hydrogen-bond donors (Lipinski definition) is 0. The average Bonchev–Trinajstić information content (AvgIpc) is 2.64. The predicted octanol–water partition coefficient (Wildman–Crippen LogP) is 6.30. The van der Waals surface area contributed by atoms with E-state index in [1.807, 2.05) is 0 Å². The number of ether oxygens (including phenoxy) is 2. The van der Waals surface area contributed by atoms with Gasteiger partial charge in [0.1, 0.15) is 0 Å². The largest absolute Gasteiger partial charge is 0.416 e. The molecular weight excluding hydrogens is 341 g/mol. The molecule has 1 aliphatic heterocycles. The maximum atomic E-state index is 12.7. The third kappa shape index (κ3) is 4.80. The highest BCUT2D eigenvalue weighted by atomic mass is 19.4. The van der Waals surface area contributed by atoms with E-state index in [0.29, 0.717) is 5.92 Å². The summed E-state index contributed by atoms with van der Waals surface area (Å²) < 4.78 is 50.3. The molecule has 26 heavy (non-hydrogen) atoms. The molecule has 146 valence electrons. The average molecular weight is 370 g/mol. The lowest BCUT2D eigenvalue weighted by molar-refractivity contribution is -0.296. The van der Waals surface area contributed by atoms with Gasteiger partial charge in [0, 0.05) is 18.8 Å². The topological polar surface area (TPSA) is 18.5 Å². The summed E-state index contributed by atoms with van der Waals surface area (Å²) in [5.41, 5.74) is 0.405. The number of rotatable bonds is 5. The summed E-state index contributed by atoms with van der Waals surface area (Å²) in [7, 11) is 0. The van der Waals surface area contributed by atoms with Gasteiger partial charge in [0.25, 0.3) is 0 Å². The molecule has 2 aliphatic rings. The molecule has 0 radical (unpaired) electrons. The van der Waals surface area contributed by atoms with Gasteiger partial charge in [0.15, 0.2) is 5.79 Å². The Hall–Kier alpha value is -1.07. The third-order valence-electron chi connectivity index (χ3n) is 5.84. The first-order valence-electron chi connectivity index (χ1n) is 9.87. The van der Waals surface area contributed by atoms with Crippen molar-refractivity contribution in [2.75, 3.05) is 13.2 Å². The Morgan fingerprint density at radius 2 is 1.62 bits per heavy atom.